The first-order valence-corrected chi connectivity index (χ1v) is 14.8. The molecule has 0 fully saturated rings. The summed E-state index contributed by atoms with van der Waals surface area (Å²) in [5.74, 6) is 0. The van der Waals surface area contributed by atoms with E-state index in [9.17, 15) is 0 Å². The van der Waals surface area contributed by atoms with E-state index in [-0.39, 0.29) is 0 Å². The Morgan fingerprint density at radius 3 is 0.794 bits per heavy atom. The lowest BCUT2D eigenvalue weighted by Crippen LogP contribution is -2.37. The largest absolute Gasteiger partial charge is 0.0807 e. The summed E-state index contributed by atoms with van der Waals surface area (Å²) >= 11 is 0. The lowest BCUT2D eigenvalue weighted by atomic mass is 10.1. The van der Waals surface area contributed by atoms with Crippen molar-refractivity contribution in [1.82, 2.24) is 0 Å². The molecule has 0 bridgehead atoms. The van der Waals surface area contributed by atoms with Gasteiger partial charge in [0.05, 0.1) is 16.8 Å². The van der Waals surface area contributed by atoms with E-state index in [0.29, 0.717) is 0 Å². The first-order valence-electron chi connectivity index (χ1n) is 11.6. The maximum atomic E-state index is 2.52. The van der Waals surface area contributed by atoms with Crippen LogP contribution in [-0.2, 0) is 0 Å². The molecule has 0 unspecified atom stereocenters. The first kappa shape index (κ1) is 22.1. The Balaban J connectivity index is 1.68. The van der Waals surface area contributed by atoms with Crippen molar-refractivity contribution in [3.05, 3.63) is 157 Å². The van der Waals surface area contributed by atoms with Crippen LogP contribution in [0.5, 0.6) is 0 Å². The Bertz CT molecular complexity index is 1210. The van der Waals surface area contributed by atoms with Gasteiger partial charge in [-0.2, -0.15) is 0 Å². The van der Waals surface area contributed by atoms with Crippen molar-refractivity contribution >= 4 is 48.9 Å². The van der Waals surface area contributed by atoms with E-state index in [4.69, 9.17) is 0 Å². The van der Waals surface area contributed by atoms with Crippen LogP contribution in [-0.4, -0.2) is 28.2 Å². The third-order valence-electron chi connectivity index (χ3n) is 5.93. The van der Waals surface area contributed by atoms with Gasteiger partial charge in [0.25, 0.3) is 0 Å². The van der Waals surface area contributed by atoms with Gasteiger partial charge in [0.15, 0.2) is 0 Å². The number of hydrogen-bond donors (Lipinski definition) is 0. The maximum absolute atomic E-state index is 2.52. The van der Waals surface area contributed by atoms with Crippen molar-refractivity contribution in [3.8, 4) is 0 Å². The van der Waals surface area contributed by atoms with Gasteiger partial charge in [0.1, 0.15) is 0 Å². The second kappa shape index (κ2) is 10.9. The van der Waals surface area contributed by atoms with Gasteiger partial charge < -0.3 is 0 Å². The summed E-state index contributed by atoms with van der Waals surface area (Å²) in [5.41, 5.74) is 7.68. The SMILES string of the molecule is C(c1ccccc1C=[Si](c1ccccc1)c1ccccc1)=[Si](c1ccccc1)c1ccccc1. The van der Waals surface area contributed by atoms with E-state index < -0.39 is 16.8 Å². The Labute approximate surface area is 205 Å². The molecule has 0 heterocycles. The average Bonchev–Trinajstić information content (AvgIpc) is 2.93. The lowest BCUT2D eigenvalue weighted by molar-refractivity contribution is 1.66. The molecule has 0 radical (unpaired) electrons. The minimum absolute atomic E-state index is 1.07. The molecule has 0 saturated heterocycles. The molecule has 0 atom stereocenters. The van der Waals surface area contributed by atoms with Crippen molar-refractivity contribution in [3.63, 3.8) is 0 Å². The van der Waals surface area contributed by atoms with Gasteiger partial charge in [0.2, 0.25) is 0 Å². The molecule has 0 spiro atoms. The summed E-state index contributed by atoms with van der Waals surface area (Å²) in [6, 6.07) is 52.7. The number of hydrogen-bond acceptors (Lipinski definition) is 0. The van der Waals surface area contributed by atoms with Gasteiger partial charge >= 0.3 is 0 Å². The summed E-state index contributed by atoms with van der Waals surface area (Å²) in [6.45, 7) is 0. The molecule has 0 N–H and O–H groups in total. The van der Waals surface area contributed by atoms with Crippen molar-refractivity contribution in [2.24, 2.45) is 0 Å². The molecule has 34 heavy (non-hydrogen) atoms. The van der Waals surface area contributed by atoms with Gasteiger partial charge in [-0.3, -0.25) is 0 Å². The third-order valence-corrected chi connectivity index (χ3v) is 11.0. The second-order valence-electron chi connectivity index (χ2n) is 8.21. The van der Waals surface area contributed by atoms with Crippen molar-refractivity contribution in [2.75, 3.05) is 0 Å². The zero-order chi connectivity index (χ0) is 23.0. The normalized spacial score (nSPS) is 10.4. The van der Waals surface area contributed by atoms with Gasteiger partial charge in [-0.25, -0.2) is 0 Å². The van der Waals surface area contributed by atoms with Crippen LogP contribution in [0.25, 0.3) is 0 Å². The lowest BCUT2D eigenvalue weighted by Gasteiger charge is -2.12. The standard InChI is InChI=1S/C32H26Si2/c1-5-17-29(18-6-1)33(30-19-7-2-8-20-30)25-27-15-13-14-16-28(27)26-34(31-21-9-3-10-22-31)32-23-11-4-12-24-32/h1-26H. The predicted octanol–water partition coefficient (Wildman–Crippen LogP) is 3.77. The first-order chi connectivity index (χ1) is 16.9. The minimum atomic E-state index is -1.07. The summed E-state index contributed by atoms with van der Waals surface area (Å²) in [7, 11) is -2.14. The molecule has 0 aliphatic heterocycles. The van der Waals surface area contributed by atoms with Crippen LogP contribution in [0.1, 0.15) is 11.1 Å². The van der Waals surface area contributed by atoms with Gasteiger partial charge in [-0.15, -0.1) is 0 Å². The van der Waals surface area contributed by atoms with Crippen LogP contribution >= 0.6 is 0 Å². The molecule has 5 aromatic carbocycles. The highest BCUT2D eigenvalue weighted by Gasteiger charge is 2.10. The smallest absolute Gasteiger partial charge is 0.0653 e. The van der Waals surface area contributed by atoms with E-state index in [0.717, 1.165) is 0 Å². The number of benzene rings is 5. The molecule has 0 amide bonds. The summed E-state index contributed by atoms with van der Waals surface area (Å²) in [5, 5.41) is 5.63. The highest BCUT2D eigenvalue weighted by atomic mass is 28.2. The predicted molar refractivity (Wildman–Crippen MR) is 153 cm³/mol. The maximum Gasteiger partial charge on any atom is 0.0807 e. The summed E-state index contributed by atoms with van der Waals surface area (Å²) in [4.78, 5) is 0. The Morgan fingerprint density at radius 2 is 0.529 bits per heavy atom. The van der Waals surface area contributed by atoms with Gasteiger partial charge in [-0.05, 0) is 31.9 Å². The zero-order valence-corrected chi connectivity index (χ0v) is 21.0. The van der Waals surface area contributed by atoms with Crippen molar-refractivity contribution in [2.45, 2.75) is 0 Å². The Morgan fingerprint density at radius 1 is 0.294 bits per heavy atom. The average molecular weight is 467 g/mol. The fraction of sp³-hybridized carbons (Fsp3) is 0. The van der Waals surface area contributed by atoms with Crippen LogP contribution in [0.15, 0.2) is 146 Å². The zero-order valence-electron chi connectivity index (χ0n) is 19.0. The molecule has 0 aromatic heterocycles. The minimum Gasteiger partial charge on any atom is -0.0653 e. The van der Waals surface area contributed by atoms with Crippen molar-refractivity contribution < 1.29 is 0 Å². The summed E-state index contributed by atoms with van der Waals surface area (Å²) < 4.78 is 0. The fourth-order valence-corrected chi connectivity index (χ4v) is 8.91. The van der Waals surface area contributed by atoms with Crippen LogP contribution in [0, 0.1) is 0 Å². The van der Waals surface area contributed by atoms with Gasteiger partial charge in [0, 0.05) is 0 Å². The molecule has 5 rings (SSSR count). The molecule has 162 valence electrons. The van der Waals surface area contributed by atoms with E-state index >= 15 is 0 Å². The highest BCUT2D eigenvalue weighted by Crippen LogP contribution is 2.05. The molecule has 5 aromatic rings. The molecule has 0 aliphatic carbocycles. The quantitative estimate of drug-likeness (QED) is 0.334. The Kier molecular flexibility index (Phi) is 7.10. The second-order valence-corrected chi connectivity index (χ2v) is 12.8. The van der Waals surface area contributed by atoms with Gasteiger partial charge in [-0.1, -0.05) is 157 Å². The van der Waals surface area contributed by atoms with Crippen LogP contribution < -0.4 is 20.7 Å². The molecule has 0 aliphatic rings. The van der Waals surface area contributed by atoms with Crippen LogP contribution in [0.3, 0.4) is 0 Å². The summed E-state index contributed by atoms with van der Waals surface area (Å²) in [6.07, 6.45) is 0. The fourth-order valence-electron chi connectivity index (χ4n) is 4.22. The molecule has 0 saturated carbocycles. The van der Waals surface area contributed by atoms with E-state index in [2.05, 4.69) is 157 Å². The molecule has 2 heteroatoms. The van der Waals surface area contributed by atoms with E-state index in [1.165, 1.54) is 31.9 Å². The topological polar surface area (TPSA) is 0 Å². The van der Waals surface area contributed by atoms with E-state index in [1.54, 1.807) is 0 Å². The van der Waals surface area contributed by atoms with E-state index in [1.807, 2.05) is 0 Å². The van der Waals surface area contributed by atoms with Crippen LogP contribution in [0.4, 0.5) is 0 Å². The third kappa shape index (κ3) is 5.25. The van der Waals surface area contributed by atoms with Crippen LogP contribution in [0.2, 0.25) is 0 Å². The Hall–Kier alpha value is -3.73. The highest BCUT2D eigenvalue weighted by molar-refractivity contribution is 6.91. The van der Waals surface area contributed by atoms with Crippen molar-refractivity contribution in [1.29, 1.82) is 0 Å². The monoisotopic (exact) mass is 466 g/mol. The molecular formula is C32H26Si2. The molecule has 0 nitrogen and oxygen atoms in total. The molecular weight excluding hydrogens is 441 g/mol. The number of rotatable bonds is 6.